The van der Waals surface area contributed by atoms with Crippen LogP contribution in [0.15, 0.2) is 41.5 Å². The zero-order valence-electron chi connectivity index (χ0n) is 16.5. The van der Waals surface area contributed by atoms with Crippen molar-refractivity contribution in [3.05, 3.63) is 53.3 Å². The molecule has 0 bridgehead atoms. The summed E-state index contributed by atoms with van der Waals surface area (Å²) in [6, 6.07) is 9.18. The van der Waals surface area contributed by atoms with Gasteiger partial charge in [-0.2, -0.15) is 13.2 Å². The number of hydrogen-bond acceptors (Lipinski definition) is 4. The van der Waals surface area contributed by atoms with Gasteiger partial charge in [-0.1, -0.05) is 36.8 Å². The lowest BCUT2D eigenvalue weighted by Gasteiger charge is -2.17. The van der Waals surface area contributed by atoms with Crippen molar-refractivity contribution >= 4 is 35.9 Å². The fourth-order valence-corrected chi connectivity index (χ4v) is 2.52. The summed E-state index contributed by atoms with van der Waals surface area (Å²) >= 11 is 0. The second-order valence-electron chi connectivity index (χ2n) is 6.39. The maximum atomic E-state index is 12.6. The van der Waals surface area contributed by atoms with Gasteiger partial charge in [-0.25, -0.2) is 9.97 Å². The first-order valence-electron chi connectivity index (χ1n) is 8.95. The molecule has 0 aliphatic rings. The number of benzene rings is 1. The molecule has 0 saturated heterocycles. The first kappa shape index (κ1) is 24.9. The quantitative estimate of drug-likeness (QED) is 0.223. The molecule has 1 unspecified atom stereocenters. The molecule has 1 aromatic carbocycles. The Morgan fingerprint density at radius 2 is 1.93 bits per heavy atom. The highest BCUT2D eigenvalue weighted by molar-refractivity contribution is 14.0. The molecular weight excluding hydrogens is 496 g/mol. The Hall–Kier alpha value is -2.11. The van der Waals surface area contributed by atoms with Crippen LogP contribution in [0.2, 0.25) is 0 Å². The molecule has 6 nitrogen and oxygen atoms in total. The summed E-state index contributed by atoms with van der Waals surface area (Å²) < 4.78 is 37.9. The average molecular weight is 522 g/mol. The largest absolute Gasteiger partial charge is 0.433 e. The lowest BCUT2D eigenvalue weighted by atomic mass is 9.99. The van der Waals surface area contributed by atoms with Crippen molar-refractivity contribution in [2.24, 2.45) is 4.99 Å². The van der Waals surface area contributed by atoms with Gasteiger partial charge in [0.05, 0.1) is 0 Å². The van der Waals surface area contributed by atoms with E-state index in [9.17, 15) is 13.2 Å². The third-order valence-electron chi connectivity index (χ3n) is 4.06. The maximum Gasteiger partial charge on any atom is 0.433 e. The van der Waals surface area contributed by atoms with Crippen LogP contribution in [0.25, 0.3) is 0 Å². The van der Waals surface area contributed by atoms with Gasteiger partial charge in [0.15, 0.2) is 5.96 Å². The SMILES string of the molecule is CN=C(NCCNc1nccc(C(F)(F)F)n1)NCC(C)c1cccc(C)c1.I. The van der Waals surface area contributed by atoms with Crippen LogP contribution in [0.5, 0.6) is 0 Å². The fraction of sp³-hybridized carbons (Fsp3) is 0.421. The molecule has 0 spiro atoms. The lowest BCUT2D eigenvalue weighted by molar-refractivity contribution is -0.141. The van der Waals surface area contributed by atoms with E-state index in [1.165, 1.54) is 11.1 Å². The van der Waals surface area contributed by atoms with E-state index in [4.69, 9.17) is 0 Å². The number of nitrogens with zero attached hydrogens (tertiary/aromatic N) is 3. The van der Waals surface area contributed by atoms with Gasteiger partial charge in [-0.05, 0) is 24.5 Å². The van der Waals surface area contributed by atoms with Crippen molar-refractivity contribution in [2.45, 2.75) is 25.9 Å². The predicted octanol–water partition coefficient (Wildman–Crippen LogP) is 3.80. The molecule has 10 heteroatoms. The van der Waals surface area contributed by atoms with Crippen molar-refractivity contribution in [2.75, 3.05) is 32.0 Å². The number of rotatable bonds is 7. The van der Waals surface area contributed by atoms with E-state index in [0.717, 1.165) is 12.3 Å². The van der Waals surface area contributed by atoms with E-state index in [-0.39, 0.29) is 29.9 Å². The topological polar surface area (TPSA) is 74.2 Å². The van der Waals surface area contributed by atoms with Crippen LogP contribution in [0.1, 0.15) is 29.7 Å². The summed E-state index contributed by atoms with van der Waals surface area (Å²) in [5.74, 6) is 0.856. The Morgan fingerprint density at radius 3 is 2.59 bits per heavy atom. The summed E-state index contributed by atoms with van der Waals surface area (Å²) in [5.41, 5.74) is 1.49. The lowest BCUT2D eigenvalue weighted by Crippen LogP contribution is -2.41. The molecule has 1 heterocycles. The number of halogens is 4. The molecule has 2 rings (SSSR count). The standard InChI is InChI=1S/C19H25F3N6.HI/c1-13-5-4-6-15(11-13)14(2)12-27-17(23-3)25-9-10-26-18-24-8-7-16(28-18)19(20,21)22;/h4-8,11,14H,9-10,12H2,1-3H3,(H2,23,25,27)(H,24,26,28);1H. The van der Waals surface area contributed by atoms with Gasteiger partial charge in [-0.3, -0.25) is 4.99 Å². The second kappa shape index (κ2) is 11.8. The van der Waals surface area contributed by atoms with Gasteiger partial charge in [0.1, 0.15) is 5.69 Å². The molecular formula is C19H26F3IN6. The highest BCUT2D eigenvalue weighted by Crippen LogP contribution is 2.27. The Kier molecular flexibility index (Phi) is 10.1. The number of nitrogens with one attached hydrogen (secondary N) is 3. The highest BCUT2D eigenvalue weighted by Gasteiger charge is 2.32. The van der Waals surface area contributed by atoms with E-state index >= 15 is 0 Å². The molecule has 29 heavy (non-hydrogen) atoms. The minimum absolute atomic E-state index is 0. The van der Waals surface area contributed by atoms with Crippen molar-refractivity contribution < 1.29 is 13.2 Å². The number of aromatic nitrogens is 2. The second-order valence-corrected chi connectivity index (χ2v) is 6.39. The minimum atomic E-state index is -4.49. The van der Waals surface area contributed by atoms with Crippen molar-refractivity contribution in [1.82, 2.24) is 20.6 Å². The summed E-state index contributed by atoms with van der Waals surface area (Å²) in [5, 5.41) is 9.11. The third-order valence-corrected chi connectivity index (χ3v) is 4.06. The van der Waals surface area contributed by atoms with Crippen LogP contribution >= 0.6 is 24.0 Å². The fourth-order valence-electron chi connectivity index (χ4n) is 2.52. The van der Waals surface area contributed by atoms with Gasteiger partial charge in [0, 0.05) is 32.9 Å². The Labute approximate surface area is 185 Å². The van der Waals surface area contributed by atoms with E-state index in [1.54, 1.807) is 7.05 Å². The summed E-state index contributed by atoms with van der Waals surface area (Å²) in [7, 11) is 1.66. The zero-order valence-corrected chi connectivity index (χ0v) is 18.9. The van der Waals surface area contributed by atoms with Gasteiger partial charge >= 0.3 is 6.18 Å². The van der Waals surface area contributed by atoms with Gasteiger partial charge in [-0.15, -0.1) is 24.0 Å². The van der Waals surface area contributed by atoms with Crippen molar-refractivity contribution in [3.8, 4) is 0 Å². The summed E-state index contributed by atoms with van der Waals surface area (Å²) in [6.07, 6.45) is -3.41. The zero-order chi connectivity index (χ0) is 20.6. The van der Waals surface area contributed by atoms with Crippen LogP contribution in [0, 0.1) is 6.92 Å². The molecule has 0 aliphatic carbocycles. The molecule has 0 aliphatic heterocycles. The molecule has 0 saturated carbocycles. The Balaban J connectivity index is 0.00000420. The first-order valence-corrected chi connectivity index (χ1v) is 8.95. The minimum Gasteiger partial charge on any atom is -0.356 e. The third kappa shape index (κ3) is 8.42. The Morgan fingerprint density at radius 1 is 1.17 bits per heavy atom. The molecule has 0 radical (unpaired) electrons. The normalized spacial score (nSPS) is 12.7. The number of hydrogen-bond donors (Lipinski definition) is 3. The van der Waals surface area contributed by atoms with Crippen LogP contribution in [0.4, 0.5) is 19.1 Å². The number of anilines is 1. The number of aliphatic imine (C=N–C) groups is 1. The molecule has 160 valence electrons. The van der Waals surface area contributed by atoms with Crippen LogP contribution in [-0.2, 0) is 6.18 Å². The number of guanidine groups is 1. The van der Waals surface area contributed by atoms with Crippen molar-refractivity contribution in [1.29, 1.82) is 0 Å². The molecule has 3 N–H and O–H groups in total. The highest BCUT2D eigenvalue weighted by atomic mass is 127. The molecule has 1 atom stereocenters. The van der Waals surface area contributed by atoms with Crippen LogP contribution in [-0.4, -0.2) is 42.6 Å². The summed E-state index contributed by atoms with van der Waals surface area (Å²) in [4.78, 5) is 11.4. The molecule has 0 fully saturated rings. The van der Waals surface area contributed by atoms with E-state index in [1.807, 2.05) is 6.07 Å². The molecule has 2 aromatic rings. The predicted molar refractivity (Wildman–Crippen MR) is 120 cm³/mol. The summed E-state index contributed by atoms with van der Waals surface area (Å²) in [6.45, 7) is 5.67. The monoisotopic (exact) mass is 522 g/mol. The first-order chi connectivity index (χ1) is 13.3. The van der Waals surface area contributed by atoms with Crippen LogP contribution < -0.4 is 16.0 Å². The molecule has 0 amide bonds. The number of aryl methyl sites for hydroxylation is 1. The van der Waals surface area contributed by atoms with Crippen LogP contribution in [0.3, 0.4) is 0 Å². The number of alkyl halides is 3. The average Bonchev–Trinajstić information content (AvgIpc) is 2.66. The van der Waals surface area contributed by atoms with E-state index in [0.29, 0.717) is 31.5 Å². The van der Waals surface area contributed by atoms with E-state index < -0.39 is 11.9 Å². The van der Waals surface area contributed by atoms with Gasteiger partial charge in [0.25, 0.3) is 0 Å². The van der Waals surface area contributed by atoms with E-state index in [2.05, 4.69) is 63.0 Å². The van der Waals surface area contributed by atoms with Gasteiger partial charge in [0.2, 0.25) is 5.95 Å². The van der Waals surface area contributed by atoms with Crippen molar-refractivity contribution in [3.63, 3.8) is 0 Å². The molecule has 1 aromatic heterocycles. The smallest absolute Gasteiger partial charge is 0.356 e. The van der Waals surface area contributed by atoms with Gasteiger partial charge < -0.3 is 16.0 Å². The maximum absolute atomic E-state index is 12.6. The Bertz CT molecular complexity index is 798.